The summed E-state index contributed by atoms with van der Waals surface area (Å²) < 4.78 is 11.1. The number of carbonyl (C=O) groups is 2. The number of rotatable bonds is 13. The number of ether oxygens (including phenoxy) is 2. The standard InChI is InChI=1S/C25H47N3O4.H2/c1-20(2)22-7-14-28(15-8-22)24(29)6-5-16-31-18-19-32-17-11-26-25(30)23-9-12-27(13-10-23)21(3)4;/h20-23H,5-19H2,1-4H3,(H,26,30);1H. The Morgan fingerprint density at radius 2 is 1.53 bits per heavy atom. The second kappa shape index (κ2) is 14.9. The molecule has 1 N–H and O–H groups in total. The molecule has 0 unspecified atom stereocenters. The fraction of sp³-hybridized carbons (Fsp3) is 0.920. The number of carbonyl (C=O) groups excluding carboxylic acids is 2. The summed E-state index contributed by atoms with van der Waals surface area (Å²) in [6.45, 7) is 15.5. The molecule has 2 aliphatic heterocycles. The summed E-state index contributed by atoms with van der Waals surface area (Å²) in [6, 6.07) is 0.558. The maximum Gasteiger partial charge on any atom is 0.223 e. The van der Waals surface area contributed by atoms with Gasteiger partial charge >= 0.3 is 0 Å². The van der Waals surface area contributed by atoms with E-state index in [0.717, 1.165) is 64.2 Å². The maximum absolute atomic E-state index is 12.3. The Morgan fingerprint density at radius 1 is 0.906 bits per heavy atom. The summed E-state index contributed by atoms with van der Waals surface area (Å²) >= 11 is 0. The molecule has 0 aliphatic carbocycles. The number of piperidine rings is 2. The monoisotopic (exact) mass is 455 g/mol. The Morgan fingerprint density at radius 3 is 2.12 bits per heavy atom. The molecule has 0 aromatic rings. The lowest BCUT2D eigenvalue weighted by atomic mass is 9.86. The Hall–Kier alpha value is -1.18. The van der Waals surface area contributed by atoms with Crippen LogP contribution in [-0.2, 0) is 19.1 Å². The van der Waals surface area contributed by atoms with Gasteiger partial charge in [0, 0.05) is 46.0 Å². The van der Waals surface area contributed by atoms with Crippen molar-refractivity contribution in [1.29, 1.82) is 0 Å². The first-order valence-corrected chi connectivity index (χ1v) is 12.8. The lowest BCUT2D eigenvalue weighted by molar-refractivity contribution is -0.133. The van der Waals surface area contributed by atoms with Gasteiger partial charge in [0.15, 0.2) is 0 Å². The van der Waals surface area contributed by atoms with E-state index in [9.17, 15) is 9.59 Å². The van der Waals surface area contributed by atoms with Crippen LogP contribution in [0.1, 0.15) is 67.6 Å². The smallest absolute Gasteiger partial charge is 0.223 e. The second-order valence-corrected chi connectivity index (χ2v) is 9.99. The summed E-state index contributed by atoms with van der Waals surface area (Å²) in [5.74, 6) is 2.03. The molecule has 32 heavy (non-hydrogen) atoms. The van der Waals surface area contributed by atoms with Crippen LogP contribution < -0.4 is 5.32 Å². The van der Waals surface area contributed by atoms with Crippen molar-refractivity contribution >= 4 is 11.8 Å². The minimum Gasteiger partial charge on any atom is -0.379 e. The predicted molar refractivity (Wildman–Crippen MR) is 130 cm³/mol. The zero-order valence-corrected chi connectivity index (χ0v) is 20.9. The zero-order valence-electron chi connectivity index (χ0n) is 20.9. The fourth-order valence-corrected chi connectivity index (χ4v) is 4.69. The van der Waals surface area contributed by atoms with E-state index < -0.39 is 0 Å². The average molecular weight is 456 g/mol. The highest BCUT2D eigenvalue weighted by molar-refractivity contribution is 5.78. The van der Waals surface area contributed by atoms with Gasteiger partial charge in [0.2, 0.25) is 11.8 Å². The van der Waals surface area contributed by atoms with Gasteiger partial charge in [0.05, 0.1) is 19.8 Å². The summed E-state index contributed by atoms with van der Waals surface area (Å²) in [5.41, 5.74) is 0. The summed E-state index contributed by atoms with van der Waals surface area (Å²) in [5, 5.41) is 2.99. The van der Waals surface area contributed by atoms with Crippen molar-refractivity contribution in [2.24, 2.45) is 17.8 Å². The minimum absolute atomic E-state index is 0. The average Bonchev–Trinajstić information content (AvgIpc) is 2.80. The predicted octanol–water partition coefficient (Wildman–Crippen LogP) is 3.18. The third-order valence-electron chi connectivity index (χ3n) is 7.06. The van der Waals surface area contributed by atoms with E-state index in [1.165, 1.54) is 0 Å². The number of nitrogens with zero attached hydrogens (tertiary/aromatic N) is 2. The van der Waals surface area contributed by atoms with Crippen molar-refractivity contribution in [2.75, 3.05) is 59.2 Å². The van der Waals surface area contributed by atoms with Crippen molar-refractivity contribution < 1.29 is 20.5 Å². The molecule has 0 atom stereocenters. The molecule has 0 spiro atoms. The van der Waals surface area contributed by atoms with E-state index in [4.69, 9.17) is 9.47 Å². The van der Waals surface area contributed by atoms with Crippen molar-refractivity contribution in [3.05, 3.63) is 0 Å². The van der Waals surface area contributed by atoms with Gasteiger partial charge in [-0.1, -0.05) is 13.8 Å². The molecule has 0 aromatic heterocycles. The van der Waals surface area contributed by atoms with Crippen LogP contribution in [0.3, 0.4) is 0 Å². The van der Waals surface area contributed by atoms with Gasteiger partial charge in [-0.2, -0.15) is 0 Å². The van der Waals surface area contributed by atoms with Crippen LogP contribution in [-0.4, -0.2) is 86.8 Å². The van der Waals surface area contributed by atoms with Gasteiger partial charge < -0.3 is 24.6 Å². The number of amides is 2. The van der Waals surface area contributed by atoms with Crippen molar-refractivity contribution in [3.8, 4) is 0 Å². The molecule has 2 heterocycles. The first-order valence-electron chi connectivity index (χ1n) is 12.8. The first kappa shape index (κ1) is 27.1. The minimum atomic E-state index is 0. The summed E-state index contributed by atoms with van der Waals surface area (Å²) in [7, 11) is 0. The molecule has 2 rings (SSSR count). The highest BCUT2D eigenvalue weighted by Gasteiger charge is 2.26. The molecule has 2 fully saturated rings. The van der Waals surface area contributed by atoms with E-state index in [1.54, 1.807) is 0 Å². The highest BCUT2D eigenvalue weighted by atomic mass is 16.5. The summed E-state index contributed by atoms with van der Waals surface area (Å²) in [6.07, 6.45) is 5.48. The molecule has 2 amide bonds. The van der Waals surface area contributed by atoms with Crippen LogP contribution in [0, 0.1) is 17.8 Å². The van der Waals surface area contributed by atoms with E-state index >= 15 is 0 Å². The van der Waals surface area contributed by atoms with Gasteiger partial charge in [-0.25, -0.2) is 0 Å². The topological polar surface area (TPSA) is 71.1 Å². The van der Waals surface area contributed by atoms with Crippen molar-refractivity contribution in [2.45, 2.75) is 72.3 Å². The molecule has 0 saturated carbocycles. The van der Waals surface area contributed by atoms with E-state index in [0.29, 0.717) is 51.4 Å². The Labute approximate surface area is 197 Å². The van der Waals surface area contributed by atoms with Gasteiger partial charge in [0.1, 0.15) is 0 Å². The molecule has 0 aromatic carbocycles. The molecule has 2 saturated heterocycles. The zero-order chi connectivity index (χ0) is 23.3. The normalized spacial score (nSPS) is 19.1. The second-order valence-electron chi connectivity index (χ2n) is 9.99. The third-order valence-corrected chi connectivity index (χ3v) is 7.06. The van der Waals surface area contributed by atoms with Crippen LogP contribution in [0.5, 0.6) is 0 Å². The van der Waals surface area contributed by atoms with Crippen LogP contribution in [0.4, 0.5) is 0 Å². The third kappa shape index (κ3) is 9.75. The SMILES string of the molecule is CC(C)C1CCN(C(=O)CCCOCCOCCNC(=O)C2CCN(C(C)C)CC2)CC1.[HH]. The Bertz CT molecular complexity index is 498. The number of hydrogen-bond donors (Lipinski definition) is 1. The number of hydrogen-bond acceptors (Lipinski definition) is 5. The molecule has 2 aliphatic rings. The molecule has 7 heteroatoms. The van der Waals surface area contributed by atoms with Gasteiger partial charge in [-0.3, -0.25) is 9.59 Å². The lowest BCUT2D eigenvalue weighted by Gasteiger charge is -2.34. The molecular formula is C25H49N3O4. The van der Waals surface area contributed by atoms with Gasteiger partial charge in [-0.05, 0) is 70.9 Å². The quantitative estimate of drug-likeness (QED) is 0.432. The Balaban J connectivity index is 0.00000544. The lowest BCUT2D eigenvalue weighted by Crippen LogP contribution is -2.43. The molecular weight excluding hydrogens is 406 g/mol. The molecule has 188 valence electrons. The van der Waals surface area contributed by atoms with E-state index in [-0.39, 0.29) is 19.2 Å². The molecule has 0 bridgehead atoms. The van der Waals surface area contributed by atoms with Crippen LogP contribution in [0.2, 0.25) is 0 Å². The van der Waals surface area contributed by atoms with E-state index in [1.807, 2.05) is 4.90 Å². The number of likely N-dealkylation sites (tertiary alicyclic amines) is 2. The van der Waals surface area contributed by atoms with Gasteiger partial charge in [0.25, 0.3) is 0 Å². The van der Waals surface area contributed by atoms with E-state index in [2.05, 4.69) is 37.9 Å². The van der Waals surface area contributed by atoms with Crippen molar-refractivity contribution in [1.82, 2.24) is 15.1 Å². The summed E-state index contributed by atoms with van der Waals surface area (Å²) in [4.78, 5) is 29.0. The van der Waals surface area contributed by atoms with Crippen LogP contribution in [0.25, 0.3) is 0 Å². The Kier molecular flexibility index (Phi) is 12.6. The molecule has 7 nitrogen and oxygen atoms in total. The fourth-order valence-electron chi connectivity index (χ4n) is 4.69. The first-order chi connectivity index (χ1) is 15.4. The van der Waals surface area contributed by atoms with Crippen molar-refractivity contribution in [3.63, 3.8) is 0 Å². The maximum atomic E-state index is 12.3. The molecule has 0 radical (unpaired) electrons. The van der Waals surface area contributed by atoms with Gasteiger partial charge in [-0.15, -0.1) is 0 Å². The number of nitrogens with one attached hydrogen (secondary N) is 1. The largest absolute Gasteiger partial charge is 0.379 e. The highest BCUT2D eigenvalue weighted by Crippen LogP contribution is 2.24. The van der Waals surface area contributed by atoms with Crippen LogP contribution in [0.15, 0.2) is 0 Å². The van der Waals surface area contributed by atoms with Crippen LogP contribution >= 0.6 is 0 Å².